The van der Waals surface area contributed by atoms with Crippen molar-refractivity contribution in [2.75, 3.05) is 0 Å². The second-order valence-electron chi connectivity index (χ2n) is 8.06. The molecule has 4 heteroatoms. The van der Waals surface area contributed by atoms with Crippen molar-refractivity contribution in [1.29, 1.82) is 0 Å². The van der Waals surface area contributed by atoms with Gasteiger partial charge >= 0.3 is 0 Å². The SMILES string of the molecule is Cc1nn(CCC(=O)N[C@@H]2[C@@H]3CCC[C@H]3[C@@H]2c2ccccc2)c(C)c1C. The highest BCUT2D eigenvalue weighted by Gasteiger charge is 2.53. The zero-order valence-electron chi connectivity index (χ0n) is 16.0. The standard InChI is InChI=1S/C22H29N3O/c1-14-15(2)24-25(16(14)3)13-12-20(26)23-22-19-11-7-10-18(19)21(22)17-8-5-4-6-9-17/h4-6,8-9,18-19,21-22H,7,10-13H2,1-3H3,(H,23,26)/t18-,19-,21+,22-/m1/s1. The first-order chi connectivity index (χ1) is 12.6. The smallest absolute Gasteiger partial charge is 0.222 e. The Kier molecular flexibility index (Phi) is 4.60. The molecule has 1 amide bonds. The van der Waals surface area contributed by atoms with E-state index in [0.717, 1.165) is 17.3 Å². The third-order valence-corrected chi connectivity index (χ3v) is 6.74. The lowest BCUT2D eigenvalue weighted by molar-refractivity contribution is -0.124. The van der Waals surface area contributed by atoms with Gasteiger partial charge in [-0.05, 0) is 56.6 Å². The molecule has 0 unspecified atom stereocenters. The van der Waals surface area contributed by atoms with Gasteiger partial charge in [0, 0.05) is 30.6 Å². The summed E-state index contributed by atoms with van der Waals surface area (Å²) < 4.78 is 1.97. The molecule has 2 saturated carbocycles. The molecule has 138 valence electrons. The Labute approximate surface area is 156 Å². The molecule has 4 rings (SSSR count). The van der Waals surface area contributed by atoms with Gasteiger partial charge in [0.2, 0.25) is 5.91 Å². The number of hydrogen-bond acceptors (Lipinski definition) is 2. The molecule has 2 aliphatic rings. The molecule has 0 radical (unpaired) electrons. The molecule has 1 N–H and O–H groups in total. The third-order valence-electron chi connectivity index (χ3n) is 6.74. The molecule has 26 heavy (non-hydrogen) atoms. The maximum Gasteiger partial charge on any atom is 0.222 e. The number of hydrogen-bond donors (Lipinski definition) is 1. The maximum absolute atomic E-state index is 12.6. The van der Waals surface area contributed by atoms with Crippen LogP contribution in [-0.2, 0) is 11.3 Å². The second-order valence-corrected chi connectivity index (χ2v) is 8.06. The van der Waals surface area contributed by atoms with E-state index in [9.17, 15) is 4.79 Å². The van der Waals surface area contributed by atoms with E-state index < -0.39 is 0 Å². The zero-order chi connectivity index (χ0) is 18.3. The Morgan fingerprint density at radius 2 is 1.88 bits per heavy atom. The summed E-state index contributed by atoms with van der Waals surface area (Å²) in [5, 5.41) is 7.91. The number of amides is 1. The number of rotatable bonds is 5. The van der Waals surface area contributed by atoms with Crippen LogP contribution in [0, 0.1) is 32.6 Å². The lowest BCUT2D eigenvalue weighted by atomic mass is 9.60. The van der Waals surface area contributed by atoms with E-state index >= 15 is 0 Å². The van der Waals surface area contributed by atoms with Crippen LogP contribution in [0.1, 0.15) is 54.1 Å². The summed E-state index contributed by atoms with van der Waals surface area (Å²) in [7, 11) is 0. The van der Waals surface area contributed by atoms with Crippen molar-refractivity contribution >= 4 is 5.91 Å². The van der Waals surface area contributed by atoms with Gasteiger partial charge in [0.05, 0.1) is 5.69 Å². The Balaban J connectivity index is 1.40. The van der Waals surface area contributed by atoms with Crippen molar-refractivity contribution in [2.45, 2.75) is 65.0 Å². The monoisotopic (exact) mass is 351 g/mol. The van der Waals surface area contributed by atoms with Crippen LogP contribution in [0.15, 0.2) is 30.3 Å². The van der Waals surface area contributed by atoms with Gasteiger partial charge in [0.15, 0.2) is 0 Å². The summed E-state index contributed by atoms with van der Waals surface area (Å²) in [5.41, 5.74) is 4.83. The normalized spacial score (nSPS) is 27.0. The van der Waals surface area contributed by atoms with Crippen LogP contribution in [-0.4, -0.2) is 21.7 Å². The van der Waals surface area contributed by atoms with Gasteiger partial charge in [-0.3, -0.25) is 9.48 Å². The van der Waals surface area contributed by atoms with Crippen molar-refractivity contribution in [3.63, 3.8) is 0 Å². The topological polar surface area (TPSA) is 46.9 Å². The molecule has 2 aliphatic carbocycles. The first kappa shape index (κ1) is 17.3. The fraction of sp³-hybridized carbons (Fsp3) is 0.545. The molecular weight excluding hydrogens is 322 g/mol. The predicted molar refractivity (Wildman–Crippen MR) is 103 cm³/mol. The van der Waals surface area contributed by atoms with Gasteiger partial charge in [-0.2, -0.15) is 5.10 Å². The third kappa shape index (κ3) is 2.95. The summed E-state index contributed by atoms with van der Waals surface area (Å²) in [6, 6.07) is 11.0. The van der Waals surface area contributed by atoms with E-state index in [2.05, 4.69) is 54.6 Å². The summed E-state index contributed by atoms with van der Waals surface area (Å²) in [5.74, 6) is 2.07. The summed E-state index contributed by atoms with van der Waals surface area (Å²) in [6.45, 7) is 6.85. The number of fused-ring (bicyclic) bond motifs is 1. The lowest BCUT2D eigenvalue weighted by Gasteiger charge is -2.49. The Hall–Kier alpha value is -2.10. The molecule has 0 spiro atoms. The van der Waals surface area contributed by atoms with Crippen molar-refractivity contribution in [1.82, 2.24) is 15.1 Å². The average Bonchev–Trinajstić information content (AvgIpc) is 3.16. The van der Waals surface area contributed by atoms with E-state index in [1.165, 1.54) is 30.4 Å². The van der Waals surface area contributed by atoms with E-state index in [-0.39, 0.29) is 5.91 Å². The van der Waals surface area contributed by atoms with E-state index in [1.54, 1.807) is 0 Å². The highest BCUT2D eigenvalue weighted by molar-refractivity contribution is 5.76. The molecule has 1 heterocycles. The van der Waals surface area contributed by atoms with Gasteiger partial charge in [-0.15, -0.1) is 0 Å². The molecule has 0 bridgehead atoms. The Bertz CT molecular complexity index is 795. The number of nitrogens with zero attached hydrogens (tertiary/aromatic N) is 2. The molecule has 4 atom stereocenters. The van der Waals surface area contributed by atoms with E-state index in [1.807, 2.05) is 11.6 Å². The van der Waals surface area contributed by atoms with Gasteiger partial charge in [0.1, 0.15) is 0 Å². The van der Waals surface area contributed by atoms with Gasteiger partial charge in [-0.1, -0.05) is 36.8 Å². The van der Waals surface area contributed by atoms with Crippen LogP contribution < -0.4 is 5.32 Å². The van der Waals surface area contributed by atoms with Crippen molar-refractivity contribution in [3.8, 4) is 0 Å². The number of benzene rings is 1. The van der Waals surface area contributed by atoms with Crippen molar-refractivity contribution in [3.05, 3.63) is 52.8 Å². The molecule has 0 saturated heterocycles. The fourth-order valence-electron chi connectivity index (χ4n) is 5.09. The van der Waals surface area contributed by atoms with Gasteiger partial charge < -0.3 is 5.32 Å². The number of carbonyl (C=O) groups is 1. The summed E-state index contributed by atoms with van der Waals surface area (Å²) in [4.78, 5) is 12.6. The quantitative estimate of drug-likeness (QED) is 0.888. The Morgan fingerprint density at radius 1 is 1.15 bits per heavy atom. The highest BCUT2D eigenvalue weighted by Crippen LogP contribution is 2.55. The molecule has 2 aromatic rings. The lowest BCUT2D eigenvalue weighted by Crippen LogP contribution is -2.56. The van der Waals surface area contributed by atoms with Crippen LogP contribution in [0.25, 0.3) is 0 Å². The van der Waals surface area contributed by atoms with Gasteiger partial charge in [0.25, 0.3) is 0 Å². The fourth-order valence-corrected chi connectivity index (χ4v) is 5.09. The van der Waals surface area contributed by atoms with Crippen molar-refractivity contribution in [2.24, 2.45) is 11.8 Å². The van der Waals surface area contributed by atoms with E-state index in [4.69, 9.17) is 0 Å². The van der Waals surface area contributed by atoms with Crippen LogP contribution in [0.2, 0.25) is 0 Å². The first-order valence-electron chi connectivity index (χ1n) is 9.91. The van der Waals surface area contributed by atoms with Crippen LogP contribution in [0.4, 0.5) is 0 Å². The zero-order valence-corrected chi connectivity index (χ0v) is 16.0. The van der Waals surface area contributed by atoms with Crippen molar-refractivity contribution < 1.29 is 4.79 Å². The van der Waals surface area contributed by atoms with E-state index in [0.29, 0.717) is 30.8 Å². The van der Waals surface area contributed by atoms with Crippen LogP contribution >= 0.6 is 0 Å². The molecule has 1 aromatic carbocycles. The van der Waals surface area contributed by atoms with Crippen LogP contribution in [0.5, 0.6) is 0 Å². The minimum atomic E-state index is 0.159. The molecule has 1 aromatic heterocycles. The summed E-state index contributed by atoms with van der Waals surface area (Å²) in [6.07, 6.45) is 4.37. The number of aromatic nitrogens is 2. The second kappa shape index (κ2) is 6.90. The maximum atomic E-state index is 12.6. The molecule has 0 aliphatic heterocycles. The minimum Gasteiger partial charge on any atom is -0.352 e. The average molecular weight is 351 g/mol. The number of aryl methyl sites for hydroxylation is 2. The number of nitrogens with one attached hydrogen (secondary N) is 1. The molecule has 4 nitrogen and oxygen atoms in total. The van der Waals surface area contributed by atoms with Gasteiger partial charge in [-0.25, -0.2) is 0 Å². The largest absolute Gasteiger partial charge is 0.352 e. The minimum absolute atomic E-state index is 0.159. The molecular formula is C22H29N3O. The Morgan fingerprint density at radius 3 is 2.58 bits per heavy atom. The number of carbonyl (C=O) groups excluding carboxylic acids is 1. The predicted octanol–water partition coefficient (Wildman–Crippen LogP) is 3.90. The first-order valence-corrected chi connectivity index (χ1v) is 9.91. The highest BCUT2D eigenvalue weighted by atomic mass is 16.1. The molecule has 2 fully saturated rings. The summed E-state index contributed by atoms with van der Waals surface area (Å²) >= 11 is 0. The van der Waals surface area contributed by atoms with Crippen LogP contribution in [0.3, 0.4) is 0 Å².